The Morgan fingerprint density at radius 3 is 2.67 bits per heavy atom. The lowest BCUT2D eigenvalue weighted by Gasteiger charge is -2.18. The van der Waals surface area contributed by atoms with Crippen LogP contribution in [0.1, 0.15) is 11.3 Å². The summed E-state index contributed by atoms with van der Waals surface area (Å²) in [7, 11) is 6.01. The molecule has 4 heteroatoms. The molecule has 2 aromatic rings. The number of benzene rings is 1. The Hall–Kier alpha value is -1.32. The van der Waals surface area contributed by atoms with Gasteiger partial charge in [0.25, 0.3) is 0 Å². The Bertz CT molecular complexity index is 579. The third kappa shape index (κ3) is 2.28. The number of fused-ring (bicyclic) bond motifs is 1. The number of halogens is 1. The second kappa shape index (κ2) is 5.12. The van der Waals surface area contributed by atoms with Crippen molar-refractivity contribution in [2.75, 3.05) is 26.0 Å². The molecule has 0 unspecified atom stereocenters. The lowest BCUT2D eigenvalue weighted by atomic mass is 10.1. The molecule has 0 fully saturated rings. The molecule has 0 amide bonds. The predicted octanol–water partition coefficient (Wildman–Crippen LogP) is 2.98. The Labute approximate surface area is 113 Å². The summed E-state index contributed by atoms with van der Waals surface area (Å²) in [4.78, 5) is 6.80. The van der Waals surface area contributed by atoms with Gasteiger partial charge in [-0.25, -0.2) is 0 Å². The van der Waals surface area contributed by atoms with Gasteiger partial charge >= 0.3 is 0 Å². The molecule has 0 aliphatic heterocycles. The Morgan fingerprint density at radius 2 is 2.06 bits per heavy atom. The molecule has 0 saturated heterocycles. The van der Waals surface area contributed by atoms with Crippen LogP contribution in [0.2, 0.25) is 5.02 Å². The van der Waals surface area contributed by atoms with E-state index >= 15 is 0 Å². The number of hydrogen-bond acceptors (Lipinski definition) is 3. The normalized spacial score (nSPS) is 10.9. The largest absolute Gasteiger partial charge is 0.377 e. The SMILES string of the molecule is CNCc1cc(N(C)C)c2ccc(Cl)c(C)c2n1. The molecule has 2 rings (SSSR count). The molecule has 1 aromatic heterocycles. The van der Waals surface area contributed by atoms with Gasteiger partial charge in [0.1, 0.15) is 0 Å². The van der Waals surface area contributed by atoms with E-state index in [0.29, 0.717) is 0 Å². The summed E-state index contributed by atoms with van der Waals surface area (Å²) in [6, 6.07) is 6.09. The van der Waals surface area contributed by atoms with Crippen LogP contribution in [0.4, 0.5) is 5.69 Å². The first-order valence-corrected chi connectivity index (χ1v) is 6.33. The van der Waals surface area contributed by atoms with Crippen molar-refractivity contribution in [3.05, 3.63) is 34.5 Å². The van der Waals surface area contributed by atoms with E-state index in [1.165, 1.54) is 5.69 Å². The van der Waals surface area contributed by atoms with Gasteiger partial charge in [-0.05, 0) is 37.7 Å². The minimum absolute atomic E-state index is 0.753. The van der Waals surface area contributed by atoms with Gasteiger partial charge in [-0.2, -0.15) is 0 Å². The first-order chi connectivity index (χ1) is 8.54. The highest BCUT2D eigenvalue weighted by Gasteiger charge is 2.10. The average Bonchev–Trinajstić information content (AvgIpc) is 2.34. The molecule has 3 nitrogen and oxygen atoms in total. The average molecular weight is 264 g/mol. The maximum absolute atomic E-state index is 6.18. The number of aryl methyl sites for hydroxylation is 1. The first kappa shape index (κ1) is 13.1. The monoisotopic (exact) mass is 263 g/mol. The predicted molar refractivity (Wildman–Crippen MR) is 78.6 cm³/mol. The van der Waals surface area contributed by atoms with Crippen LogP contribution in [0.15, 0.2) is 18.2 Å². The van der Waals surface area contributed by atoms with Crippen LogP contribution in [0.25, 0.3) is 10.9 Å². The van der Waals surface area contributed by atoms with Gasteiger partial charge in [-0.15, -0.1) is 0 Å². The van der Waals surface area contributed by atoms with E-state index in [9.17, 15) is 0 Å². The molecule has 0 aliphatic rings. The van der Waals surface area contributed by atoms with Crippen molar-refractivity contribution >= 4 is 28.2 Å². The van der Waals surface area contributed by atoms with Crippen molar-refractivity contribution < 1.29 is 0 Å². The van der Waals surface area contributed by atoms with Gasteiger partial charge in [-0.1, -0.05) is 11.6 Å². The van der Waals surface area contributed by atoms with Crippen molar-refractivity contribution in [2.45, 2.75) is 13.5 Å². The minimum Gasteiger partial charge on any atom is -0.377 e. The van der Waals surface area contributed by atoms with E-state index in [0.717, 1.165) is 33.7 Å². The summed E-state index contributed by atoms with van der Waals surface area (Å²) in [5.74, 6) is 0. The van der Waals surface area contributed by atoms with Gasteiger partial charge in [0.15, 0.2) is 0 Å². The van der Waals surface area contributed by atoms with Gasteiger partial charge in [-0.3, -0.25) is 4.98 Å². The Balaban J connectivity index is 2.77. The molecule has 0 spiro atoms. The van der Waals surface area contributed by atoms with E-state index < -0.39 is 0 Å². The first-order valence-electron chi connectivity index (χ1n) is 5.95. The third-order valence-electron chi connectivity index (χ3n) is 3.04. The fourth-order valence-electron chi connectivity index (χ4n) is 2.08. The maximum atomic E-state index is 6.18. The molecular weight excluding hydrogens is 246 g/mol. The van der Waals surface area contributed by atoms with E-state index in [1.54, 1.807) is 0 Å². The van der Waals surface area contributed by atoms with Crippen LogP contribution in [-0.2, 0) is 6.54 Å². The summed E-state index contributed by atoms with van der Waals surface area (Å²) in [6.45, 7) is 2.77. The molecule has 1 heterocycles. The molecule has 96 valence electrons. The molecule has 1 N–H and O–H groups in total. The van der Waals surface area contributed by atoms with Gasteiger partial charge in [0.2, 0.25) is 0 Å². The molecule has 18 heavy (non-hydrogen) atoms. The summed E-state index contributed by atoms with van der Waals surface area (Å²) < 4.78 is 0. The molecule has 0 bridgehead atoms. The van der Waals surface area contributed by atoms with Gasteiger partial charge < -0.3 is 10.2 Å². The summed E-state index contributed by atoms with van der Waals surface area (Å²) in [6.07, 6.45) is 0. The molecule has 0 radical (unpaired) electrons. The van der Waals surface area contributed by atoms with Crippen LogP contribution in [-0.4, -0.2) is 26.1 Å². The third-order valence-corrected chi connectivity index (χ3v) is 3.45. The number of hydrogen-bond donors (Lipinski definition) is 1. The molecule has 0 aliphatic carbocycles. The summed E-state index contributed by atoms with van der Waals surface area (Å²) >= 11 is 6.18. The van der Waals surface area contributed by atoms with E-state index in [-0.39, 0.29) is 0 Å². The van der Waals surface area contributed by atoms with Crippen molar-refractivity contribution in [1.82, 2.24) is 10.3 Å². The second-order valence-corrected chi connectivity index (χ2v) is 5.03. The van der Waals surface area contributed by atoms with Crippen LogP contribution in [0.3, 0.4) is 0 Å². The number of rotatable bonds is 3. The highest BCUT2D eigenvalue weighted by Crippen LogP contribution is 2.30. The fraction of sp³-hybridized carbons (Fsp3) is 0.357. The van der Waals surface area contributed by atoms with E-state index in [2.05, 4.69) is 16.3 Å². The fourth-order valence-corrected chi connectivity index (χ4v) is 2.23. The number of nitrogens with zero attached hydrogens (tertiary/aromatic N) is 2. The maximum Gasteiger partial charge on any atom is 0.0770 e. The highest BCUT2D eigenvalue weighted by molar-refractivity contribution is 6.32. The van der Waals surface area contributed by atoms with Crippen LogP contribution in [0.5, 0.6) is 0 Å². The van der Waals surface area contributed by atoms with Crippen LogP contribution < -0.4 is 10.2 Å². The van der Waals surface area contributed by atoms with Gasteiger partial charge in [0.05, 0.1) is 11.2 Å². The number of anilines is 1. The molecule has 0 atom stereocenters. The Morgan fingerprint density at radius 1 is 1.33 bits per heavy atom. The number of nitrogens with one attached hydrogen (secondary N) is 1. The summed E-state index contributed by atoms with van der Waals surface area (Å²) in [5.41, 5.74) is 4.22. The molecule has 0 saturated carbocycles. The lowest BCUT2D eigenvalue weighted by Crippen LogP contribution is -2.13. The number of aromatic nitrogens is 1. The van der Waals surface area contributed by atoms with Crippen molar-refractivity contribution in [3.63, 3.8) is 0 Å². The standard InChI is InChI=1S/C14H18ClN3/c1-9-12(15)6-5-11-13(18(3)4)7-10(8-16-2)17-14(9)11/h5-7,16H,8H2,1-4H3. The topological polar surface area (TPSA) is 28.2 Å². The zero-order chi connectivity index (χ0) is 13.3. The van der Waals surface area contributed by atoms with Crippen molar-refractivity contribution in [2.24, 2.45) is 0 Å². The zero-order valence-electron chi connectivity index (χ0n) is 11.2. The highest BCUT2D eigenvalue weighted by atomic mass is 35.5. The smallest absolute Gasteiger partial charge is 0.0770 e. The summed E-state index contributed by atoms with van der Waals surface area (Å²) in [5, 5.41) is 5.04. The quantitative estimate of drug-likeness (QED) is 0.923. The van der Waals surface area contributed by atoms with Crippen LogP contribution in [0, 0.1) is 6.92 Å². The number of pyridine rings is 1. The van der Waals surface area contributed by atoms with Crippen LogP contribution >= 0.6 is 11.6 Å². The van der Waals surface area contributed by atoms with E-state index in [4.69, 9.17) is 16.6 Å². The zero-order valence-corrected chi connectivity index (χ0v) is 12.0. The van der Waals surface area contributed by atoms with Crippen molar-refractivity contribution in [3.8, 4) is 0 Å². The van der Waals surface area contributed by atoms with Crippen molar-refractivity contribution in [1.29, 1.82) is 0 Å². The second-order valence-electron chi connectivity index (χ2n) is 4.63. The molecule has 1 aromatic carbocycles. The molecular formula is C14H18ClN3. The van der Waals surface area contributed by atoms with Gasteiger partial charge in [0, 0.05) is 36.7 Å². The Kier molecular flexibility index (Phi) is 3.73. The lowest BCUT2D eigenvalue weighted by molar-refractivity contribution is 0.795. The minimum atomic E-state index is 0.753. The van der Waals surface area contributed by atoms with E-state index in [1.807, 2.05) is 40.2 Å².